The summed E-state index contributed by atoms with van der Waals surface area (Å²) >= 11 is 1.04. The summed E-state index contributed by atoms with van der Waals surface area (Å²) in [6.07, 6.45) is 2.29. The average Bonchev–Trinajstić information content (AvgIpc) is 3.14. The Morgan fingerprint density at radius 3 is 2.20 bits per heavy atom. The first-order valence-corrected chi connectivity index (χ1v) is 9.25. The quantitative estimate of drug-likeness (QED) is 0.720. The molecule has 1 saturated carbocycles. The molecule has 1 aromatic heterocycles. The van der Waals surface area contributed by atoms with Crippen molar-refractivity contribution >= 4 is 34.3 Å². The molecule has 0 spiro atoms. The van der Waals surface area contributed by atoms with Gasteiger partial charge in [-0.25, -0.2) is 14.4 Å². The van der Waals surface area contributed by atoms with Crippen LogP contribution in [0.15, 0.2) is 0 Å². The summed E-state index contributed by atoms with van der Waals surface area (Å²) in [7, 11) is 0. The number of hydrogen-bond donors (Lipinski definition) is 2. The predicted octanol–water partition coefficient (Wildman–Crippen LogP) is 3.34. The summed E-state index contributed by atoms with van der Waals surface area (Å²) < 4.78 is 10.2. The Bertz CT molecular complexity index is 679. The maximum atomic E-state index is 12.4. The van der Waals surface area contributed by atoms with Gasteiger partial charge in [0.1, 0.15) is 9.88 Å². The van der Waals surface area contributed by atoms with E-state index in [-0.39, 0.29) is 24.3 Å². The molecule has 25 heavy (non-hydrogen) atoms. The van der Waals surface area contributed by atoms with E-state index in [1.54, 1.807) is 13.8 Å². The second-order valence-electron chi connectivity index (χ2n) is 6.05. The summed E-state index contributed by atoms with van der Waals surface area (Å²) in [4.78, 5) is 37.1. The molecule has 0 radical (unpaired) electrons. The van der Waals surface area contributed by atoms with Crippen molar-refractivity contribution in [1.29, 1.82) is 0 Å². The van der Waals surface area contributed by atoms with Crippen LogP contribution in [0.4, 0.5) is 9.80 Å². The minimum atomic E-state index is -0.556. The van der Waals surface area contributed by atoms with Gasteiger partial charge in [0.15, 0.2) is 0 Å². The molecule has 1 heterocycles. The third kappa shape index (κ3) is 4.50. The van der Waals surface area contributed by atoms with Crippen molar-refractivity contribution in [3.8, 4) is 0 Å². The zero-order valence-corrected chi connectivity index (χ0v) is 15.8. The molecule has 0 atom stereocenters. The van der Waals surface area contributed by atoms with Gasteiger partial charge in [-0.15, -0.1) is 11.3 Å². The largest absolute Gasteiger partial charge is 0.462 e. The first kappa shape index (κ1) is 19.2. The number of rotatable bonds is 7. The molecule has 2 N–H and O–H groups in total. The molecule has 1 aliphatic rings. The van der Waals surface area contributed by atoms with Crippen LogP contribution in [0, 0.1) is 0 Å². The molecule has 0 unspecified atom stereocenters. The number of carbonyl (C=O) groups excluding carboxylic acids is 3. The zero-order chi connectivity index (χ0) is 18.6. The van der Waals surface area contributed by atoms with Crippen LogP contribution < -0.4 is 10.6 Å². The number of esters is 2. The van der Waals surface area contributed by atoms with Crippen molar-refractivity contribution in [2.75, 3.05) is 18.5 Å². The van der Waals surface area contributed by atoms with E-state index in [1.165, 1.54) is 0 Å². The van der Waals surface area contributed by atoms with Crippen molar-refractivity contribution in [1.82, 2.24) is 5.32 Å². The van der Waals surface area contributed by atoms with Crippen LogP contribution in [0.1, 0.15) is 66.1 Å². The number of urea groups is 1. The lowest BCUT2D eigenvalue weighted by Crippen LogP contribution is -2.37. The topological polar surface area (TPSA) is 93.7 Å². The van der Waals surface area contributed by atoms with Gasteiger partial charge in [0.05, 0.1) is 18.8 Å². The second kappa shape index (κ2) is 7.86. The molecular formula is C17H24N2O5S. The highest BCUT2D eigenvalue weighted by Crippen LogP contribution is 2.37. The maximum Gasteiger partial charge on any atom is 0.348 e. The van der Waals surface area contributed by atoms with Crippen LogP contribution in [0.3, 0.4) is 0 Å². The Hall–Kier alpha value is -2.09. The molecule has 8 heteroatoms. The van der Waals surface area contributed by atoms with Crippen LogP contribution in [0.5, 0.6) is 0 Å². The van der Waals surface area contributed by atoms with E-state index in [2.05, 4.69) is 10.6 Å². The van der Waals surface area contributed by atoms with E-state index in [0.29, 0.717) is 21.9 Å². The van der Waals surface area contributed by atoms with Crippen LogP contribution in [-0.2, 0) is 15.9 Å². The number of nitrogens with one attached hydrogen (secondary N) is 2. The third-order valence-corrected chi connectivity index (χ3v) is 5.07. The highest BCUT2D eigenvalue weighted by Gasteiger charge is 2.39. The Balaban J connectivity index is 2.35. The maximum absolute atomic E-state index is 12.4. The van der Waals surface area contributed by atoms with Crippen molar-refractivity contribution in [2.24, 2.45) is 0 Å². The second-order valence-corrected chi connectivity index (χ2v) is 7.07. The van der Waals surface area contributed by atoms with Crippen molar-refractivity contribution in [3.63, 3.8) is 0 Å². The Labute approximate surface area is 151 Å². The highest BCUT2D eigenvalue weighted by atomic mass is 32.1. The number of hydrogen-bond acceptors (Lipinski definition) is 6. The number of ether oxygens (including phenoxy) is 2. The number of thiophene rings is 1. The molecule has 0 aromatic carbocycles. The van der Waals surface area contributed by atoms with Gasteiger partial charge in [0.25, 0.3) is 0 Å². The lowest BCUT2D eigenvalue weighted by atomic mass is 10.1. The van der Waals surface area contributed by atoms with Gasteiger partial charge in [-0.2, -0.15) is 0 Å². The minimum Gasteiger partial charge on any atom is -0.462 e. The Morgan fingerprint density at radius 1 is 1.08 bits per heavy atom. The van der Waals surface area contributed by atoms with Crippen molar-refractivity contribution < 1.29 is 23.9 Å². The standard InChI is InChI=1S/C17H24N2O5S/c1-5-10-11(14(20)23-6-2)13(25-12(10)15(21)24-7-3)18-16(22)19-17(4)8-9-17/h5-9H2,1-4H3,(H2,18,19,22). The van der Waals surface area contributed by atoms with Gasteiger partial charge in [0, 0.05) is 5.54 Å². The molecule has 0 saturated heterocycles. The Morgan fingerprint density at radius 2 is 1.68 bits per heavy atom. The van der Waals surface area contributed by atoms with Gasteiger partial charge < -0.3 is 14.8 Å². The lowest BCUT2D eigenvalue weighted by molar-refractivity contribution is 0.0527. The molecule has 0 bridgehead atoms. The summed E-state index contributed by atoms with van der Waals surface area (Å²) in [5.74, 6) is -1.06. The summed E-state index contributed by atoms with van der Waals surface area (Å²) in [6, 6.07) is -0.398. The zero-order valence-electron chi connectivity index (χ0n) is 15.0. The molecule has 1 aliphatic carbocycles. The first-order chi connectivity index (χ1) is 11.8. The van der Waals surface area contributed by atoms with Gasteiger partial charge in [-0.3, -0.25) is 5.32 Å². The van der Waals surface area contributed by atoms with E-state index in [9.17, 15) is 14.4 Å². The van der Waals surface area contributed by atoms with Crippen molar-refractivity contribution in [3.05, 3.63) is 16.0 Å². The highest BCUT2D eigenvalue weighted by molar-refractivity contribution is 7.18. The van der Waals surface area contributed by atoms with E-state index in [1.807, 2.05) is 13.8 Å². The summed E-state index contributed by atoms with van der Waals surface area (Å²) in [6.45, 7) is 7.64. The van der Waals surface area contributed by atoms with E-state index >= 15 is 0 Å². The fourth-order valence-electron chi connectivity index (χ4n) is 2.39. The third-order valence-electron chi connectivity index (χ3n) is 3.94. The predicted molar refractivity (Wildman–Crippen MR) is 95.4 cm³/mol. The van der Waals surface area contributed by atoms with E-state index in [4.69, 9.17) is 9.47 Å². The van der Waals surface area contributed by atoms with Crippen LogP contribution in [0.25, 0.3) is 0 Å². The average molecular weight is 368 g/mol. The van der Waals surface area contributed by atoms with E-state index in [0.717, 1.165) is 24.2 Å². The van der Waals surface area contributed by atoms with Crippen LogP contribution in [0.2, 0.25) is 0 Å². The number of amides is 2. The van der Waals surface area contributed by atoms with E-state index < -0.39 is 18.0 Å². The molecule has 1 fully saturated rings. The van der Waals surface area contributed by atoms with Crippen LogP contribution >= 0.6 is 11.3 Å². The fraction of sp³-hybridized carbons (Fsp3) is 0.588. The molecule has 7 nitrogen and oxygen atoms in total. The molecule has 2 amide bonds. The summed E-state index contributed by atoms with van der Waals surface area (Å²) in [5, 5.41) is 5.87. The fourth-order valence-corrected chi connectivity index (χ4v) is 3.56. The van der Waals surface area contributed by atoms with Gasteiger partial charge >= 0.3 is 18.0 Å². The molecule has 1 aromatic rings. The van der Waals surface area contributed by atoms with Gasteiger partial charge in [0.2, 0.25) is 0 Å². The van der Waals surface area contributed by atoms with Crippen LogP contribution in [-0.4, -0.2) is 36.7 Å². The number of carbonyl (C=O) groups is 3. The monoisotopic (exact) mass is 368 g/mol. The molecular weight excluding hydrogens is 344 g/mol. The normalized spacial score (nSPS) is 14.6. The van der Waals surface area contributed by atoms with Gasteiger partial charge in [-0.05, 0) is 45.6 Å². The van der Waals surface area contributed by atoms with Gasteiger partial charge in [-0.1, -0.05) is 6.92 Å². The minimum absolute atomic E-state index is 0.191. The SMILES string of the molecule is CCOC(=O)c1sc(NC(=O)NC2(C)CC2)c(C(=O)OCC)c1CC. The first-order valence-electron chi connectivity index (χ1n) is 8.44. The lowest BCUT2D eigenvalue weighted by Gasteiger charge is -2.12. The Kier molecular flexibility index (Phi) is 6.05. The summed E-state index contributed by atoms with van der Waals surface area (Å²) in [5.41, 5.74) is 0.576. The van der Waals surface area contributed by atoms with Crippen molar-refractivity contribution in [2.45, 2.75) is 52.5 Å². The molecule has 138 valence electrons. The molecule has 2 rings (SSSR count). The number of anilines is 1. The molecule has 0 aliphatic heterocycles. The smallest absolute Gasteiger partial charge is 0.348 e.